The molecular formula is C28H48O2. The lowest BCUT2D eigenvalue weighted by Gasteiger charge is -2.14. The van der Waals surface area contributed by atoms with Crippen LogP contribution in [0.25, 0.3) is 0 Å². The van der Waals surface area contributed by atoms with E-state index in [-0.39, 0.29) is 5.97 Å². The smallest absolute Gasteiger partial charge is 0.305 e. The number of ether oxygens (including phenoxy) is 1. The van der Waals surface area contributed by atoms with Crippen LogP contribution in [0.15, 0.2) is 48.6 Å². The van der Waals surface area contributed by atoms with Crippen LogP contribution in [0.3, 0.4) is 0 Å². The number of unbranched alkanes of at least 4 members (excludes halogenated alkanes) is 5. The SMILES string of the molecule is CCCCCC=CCC=CCC=CCC=CCCCC(=O)OCC(CC)CCCC. The summed E-state index contributed by atoms with van der Waals surface area (Å²) in [5, 5.41) is 0. The molecule has 0 radical (unpaired) electrons. The molecule has 0 aromatic heterocycles. The van der Waals surface area contributed by atoms with Gasteiger partial charge in [0.25, 0.3) is 0 Å². The van der Waals surface area contributed by atoms with E-state index >= 15 is 0 Å². The van der Waals surface area contributed by atoms with Crippen LogP contribution in [0.4, 0.5) is 0 Å². The van der Waals surface area contributed by atoms with Crippen LogP contribution in [0.5, 0.6) is 0 Å². The summed E-state index contributed by atoms with van der Waals surface area (Å²) in [6.07, 6.45) is 33.0. The zero-order valence-corrected chi connectivity index (χ0v) is 20.1. The second-order valence-electron chi connectivity index (χ2n) is 8.08. The Morgan fingerprint density at radius 3 is 1.77 bits per heavy atom. The lowest BCUT2D eigenvalue weighted by Crippen LogP contribution is -2.13. The first-order chi connectivity index (χ1) is 14.7. The summed E-state index contributed by atoms with van der Waals surface area (Å²) in [5.74, 6) is 0.489. The van der Waals surface area contributed by atoms with E-state index in [1.54, 1.807) is 0 Å². The van der Waals surface area contributed by atoms with Gasteiger partial charge in [-0.2, -0.15) is 0 Å². The molecule has 0 fully saturated rings. The minimum absolute atomic E-state index is 0.0409. The molecule has 0 spiro atoms. The van der Waals surface area contributed by atoms with E-state index in [0.717, 1.165) is 38.5 Å². The minimum atomic E-state index is -0.0409. The van der Waals surface area contributed by atoms with Crippen LogP contribution < -0.4 is 0 Å². The molecule has 0 aliphatic heterocycles. The zero-order chi connectivity index (χ0) is 22.1. The third-order valence-corrected chi connectivity index (χ3v) is 5.23. The molecule has 30 heavy (non-hydrogen) atoms. The van der Waals surface area contributed by atoms with Crippen molar-refractivity contribution in [3.63, 3.8) is 0 Å². The number of esters is 1. The molecule has 0 heterocycles. The van der Waals surface area contributed by atoms with Gasteiger partial charge >= 0.3 is 5.97 Å². The number of hydrogen-bond donors (Lipinski definition) is 0. The average Bonchev–Trinajstić information content (AvgIpc) is 2.76. The van der Waals surface area contributed by atoms with Crippen molar-refractivity contribution in [2.45, 2.75) is 111 Å². The Balaban J connectivity index is 3.59. The normalized spacial score (nSPS) is 13.3. The van der Waals surface area contributed by atoms with E-state index in [0.29, 0.717) is 18.9 Å². The Hall–Kier alpha value is -1.57. The monoisotopic (exact) mass is 416 g/mol. The largest absolute Gasteiger partial charge is 0.465 e. The molecule has 0 aromatic carbocycles. The summed E-state index contributed by atoms with van der Waals surface area (Å²) in [7, 11) is 0. The van der Waals surface area contributed by atoms with Crippen LogP contribution in [0.2, 0.25) is 0 Å². The third-order valence-electron chi connectivity index (χ3n) is 5.23. The van der Waals surface area contributed by atoms with Gasteiger partial charge in [-0.25, -0.2) is 0 Å². The Morgan fingerprint density at radius 2 is 1.23 bits per heavy atom. The quantitative estimate of drug-likeness (QED) is 0.112. The van der Waals surface area contributed by atoms with E-state index in [1.165, 1.54) is 44.9 Å². The average molecular weight is 417 g/mol. The standard InChI is InChI=1S/C28H48O2/c1-4-7-9-10-11-12-13-14-15-16-17-18-19-20-21-22-23-25-28(29)30-26-27(6-3)24-8-5-2/h11-12,14-15,17-18,20-21,27H,4-10,13,16,19,22-26H2,1-3H3. The van der Waals surface area contributed by atoms with Crippen molar-refractivity contribution in [1.82, 2.24) is 0 Å². The van der Waals surface area contributed by atoms with Gasteiger partial charge < -0.3 is 4.74 Å². The van der Waals surface area contributed by atoms with E-state index < -0.39 is 0 Å². The maximum Gasteiger partial charge on any atom is 0.305 e. The summed E-state index contributed by atoms with van der Waals surface area (Å²) < 4.78 is 5.44. The number of carbonyl (C=O) groups is 1. The molecular weight excluding hydrogens is 368 g/mol. The van der Waals surface area contributed by atoms with Crippen molar-refractivity contribution in [2.75, 3.05) is 6.61 Å². The molecule has 0 saturated heterocycles. The fourth-order valence-corrected chi connectivity index (χ4v) is 3.11. The highest BCUT2D eigenvalue weighted by Gasteiger charge is 2.09. The van der Waals surface area contributed by atoms with Crippen molar-refractivity contribution in [1.29, 1.82) is 0 Å². The zero-order valence-electron chi connectivity index (χ0n) is 20.1. The summed E-state index contributed by atoms with van der Waals surface area (Å²) >= 11 is 0. The highest BCUT2D eigenvalue weighted by atomic mass is 16.5. The van der Waals surface area contributed by atoms with Crippen LogP contribution in [-0.4, -0.2) is 12.6 Å². The first-order valence-electron chi connectivity index (χ1n) is 12.5. The number of rotatable bonds is 20. The second-order valence-corrected chi connectivity index (χ2v) is 8.08. The summed E-state index contributed by atoms with van der Waals surface area (Å²) in [5.41, 5.74) is 0. The van der Waals surface area contributed by atoms with Crippen LogP contribution >= 0.6 is 0 Å². The molecule has 0 saturated carbocycles. The van der Waals surface area contributed by atoms with Gasteiger partial charge in [0.2, 0.25) is 0 Å². The van der Waals surface area contributed by atoms with Gasteiger partial charge in [-0.1, -0.05) is 101 Å². The van der Waals surface area contributed by atoms with Crippen LogP contribution in [0.1, 0.15) is 111 Å². The van der Waals surface area contributed by atoms with Gasteiger partial charge in [-0.15, -0.1) is 0 Å². The molecule has 1 atom stereocenters. The molecule has 0 aliphatic carbocycles. The third kappa shape index (κ3) is 21.1. The summed E-state index contributed by atoms with van der Waals surface area (Å²) in [6, 6.07) is 0. The van der Waals surface area contributed by atoms with Crippen LogP contribution in [-0.2, 0) is 9.53 Å². The molecule has 0 bridgehead atoms. The minimum Gasteiger partial charge on any atom is -0.465 e. The van der Waals surface area contributed by atoms with E-state index in [4.69, 9.17) is 4.74 Å². The predicted molar refractivity (Wildman–Crippen MR) is 133 cm³/mol. The highest BCUT2D eigenvalue weighted by molar-refractivity contribution is 5.69. The lowest BCUT2D eigenvalue weighted by atomic mass is 10.0. The number of allylic oxidation sites excluding steroid dienone is 8. The van der Waals surface area contributed by atoms with Gasteiger partial charge in [0.15, 0.2) is 0 Å². The maximum absolute atomic E-state index is 11.8. The van der Waals surface area contributed by atoms with Crippen molar-refractivity contribution in [3.05, 3.63) is 48.6 Å². The molecule has 2 heteroatoms. The van der Waals surface area contributed by atoms with Crippen molar-refractivity contribution in [3.8, 4) is 0 Å². The molecule has 172 valence electrons. The topological polar surface area (TPSA) is 26.3 Å². The first-order valence-corrected chi connectivity index (χ1v) is 12.5. The summed E-state index contributed by atoms with van der Waals surface area (Å²) in [6.45, 7) is 7.22. The lowest BCUT2D eigenvalue weighted by molar-refractivity contribution is -0.145. The molecule has 0 rings (SSSR count). The fraction of sp³-hybridized carbons (Fsp3) is 0.679. The van der Waals surface area contributed by atoms with Crippen molar-refractivity contribution < 1.29 is 9.53 Å². The van der Waals surface area contributed by atoms with E-state index in [1.807, 2.05) is 0 Å². The summed E-state index contributed by atoms with van der Waals surface area (Å²) in [4.78, 5) is 11.8. The molecule has 1 unspecified atom stereocenters. The second kappa shape index (κ2) is 23.7. The maximum atomic E-state index is 11.8. The Bertz CT molecular complexity index is 485. The molecule has 0 amide bonds. The van der Waals surface area contributed by atoms with E-state index in [9.17, 15) is 4.79 Å². The highest BCUT2D eigenvalue weighted by Crippen LogP contribution is 2.13. The van der Waals surface area contributed by atoms with Gasteiger partial charge in [0, 0.05) is 6.42 Å². The Morgan fingerprint density at radius 1 is 0.700 bits per heavy atom. The molecule has 0 aromatic rings. The van der Waals surface area contributed by atoms with Crippen LogP contribution in [0, 0.1) is 5.92 Å². The Kier molecular flexibility index (Phi) is 22.5. The van der Waals surface area contributed by atoms with Gasteiger partial charge in [0.1, 0.15) is 0 Å². The van der Waals surface area contributed by atoms with Crippen molar-refractivity contribution in [2.24, 2.45) is 5.92 Å². The van der Waals surface area contributed by atoms with Gasteiger partial charge in [-0.3, -0.25) is 4.79 Å². The molecule has 0 aliphatic rings. The van der Waals surface area contributed by atoms with Gasteiger partial charge in [-0.05, 0) is 57.3 Å². The molecule has 2 nitrogen and oxygen atoms in total. The Labute approximate surface area is 187 Å². The molecule has 0 N–H and O–H groups in total. The van der Waals surface area contributed by atoms with Crippen molar-refractivity contribution >= 4 is 5.97 Å². The predicted octanol–water partition coefficient (Wildman–Crippen LogP) is 8.89. The van der Waals surface area contributed by atoms with E-state index in [2.05, 4.69) is 69.4 Å². The number of carbonyl (C=O) groups excluding carboxylic acids is 1. The van der Waals surface area contributed by atoms with Gasteiger partial charge in [0.05, 0.1) is 6.61 Å². The number of hydrogen-bond acceptors (Lipinski definition) is 2. The fourth-order valence-electron chi connectivity index (χ4n) is 3.11. The first kappa shape index (κ1) is 28.4.